The lowest BCUT2D eigenvalue weighted by Gasteiger charge is -2.24. The smallest absolute Gasteiger partial charge is 0.247 e. The Morgan fingerprint density at radius 2 is 1.77 bits per heavy atom. The Bertz CT molecular complexity index is 830. The van der Waals surface area contributed by atoms with E-state index in [0.717, 1.165) is 30.4 Å². The zero-order valence-corrected chi connectivity index (χ0v) is 14.5. The first-order valence-electron chi connectivity index (χ1n) is 9.09. The second kappa shape index (κ2) is 6.90. The topological polar surface area (TPSA) is 49.4 Å². The van der Waals surface area contributed by atoms with Crippen LogP contribution in [0, 0.1) is 11.7 Å². The highest BCUT2D eigenvalue weighted by Crippen LogP contribution is 2.34. The number of halogens is 1. The molecule has 2 amide bonds. The van der Waals surface area contributed by atoms with E-state index < -0.39 is 0 Å². The Labute approximate surface area is 152 Å². The van der Waals surface area contributed by atoms with Crippen molar-refractivity contribution in [3.63, 3.8) is 0 Å². The first-order chi connectivity index (χ1) is 12.6. The summed E-state index contributed by atoms with van der Waals surface area (Å²) in [6, 6.07) is 13.3. The Hall–Kier alpha value is -2.69. The molecule has 4 rings (SSSR count). The quantitative estimate of drug-likeness (QED) is 0.909. The Balaban J connectivity index is 1.48. The highest BCUT2D eigenvalue weighted by Gasteiger charge is 2.40. The number of carbonyl (C=O) groups excluding carboxylic acids is 2. The fourth-order valence-corrected chi connectivity index (χ4v) is 3.51. The number of carbonyl (C=O) groups is 2. The molecule has 134 valence electrons. The van der Waals surface area contributed by atoms with Gasteiger partial charge in [0.25, 0.3) is 0 Å². The predicted molar refractivity (Wildman–Crippen MR) is 97.9 cm³/mol. The molecule has 0 radical (unpaired) electrons. The van der Waals surface area contributed by atoms with Gasteiger partial charge >= 0.3 is 0 Å². The lowest BCUT2D eigenvalue weighted by molar-refractivity contribution is -0.137. The van der Waals surface area contributed by atoms with Gasteiger partial charge in [0.15, 0.2) is 0 Å². The van der Waals surface area contributed by atoms with Gasteiger partial charge in [-0.2, -0.15) is 0 Å². The summed E-state index contributed by atoms with van der Waals surface area (Å²) in [6.45, 7) is 0.670. The molecule has 0 bridgehead atoms. The van der Waals surface area contributed by atoms with Crippen LogP contribution in [0.1, 0.15) is 25.7 Å². The van der Waals surface area contributed by atoms with Crippen LogP contribution in [0.25, 0.3) is 11.1 Å². The molecule has 1 saturated carbocycles. The van der Waals surface area contributed by atoms with Crippen LogP contribution in [0.2, 0.25) is 0 Å². The maximum absolute atomic E-state index is 13.1. The van der Waals surface area contributed by atoms with Gasteiger partial charge in [0.2, 0.25) is 11.8 Å². The van der Waals surface area contributed by atoms with E-state index in [-0.39, 0.29) is 29.6 Å². The minimum absolute atomic E-state index is 0.128. The number of amides is 2. The number of benzene rings is 2. The molecular formula is C21H21FN2O2. The van der Waals surface area contributed by atoms with Crippen LogP contribution in [-0.2, 0) is 9.59 Å². The number of anilines is 1. The lowest BCUT2D eigenvalue weighted by atomic mass is 10.0. The average molecular weight is 352 g/mol. The molecular weight excluding hydrogens is 331 g/mol. The van der Waals surface area contributed by atoms with Gasteiger partial charge in [-0.3, -0.25) is 9.59 Å². The molecule has 5 heteroatoms. The molecule has 1 heterocycles. The minimum atomic E-state index is -0.377. The van der Waals surface area contributed by atoms with Crippen LogP contribution < -0.4 is 5.32 Å². The molecule has 0 unspecified atom stereocenters. The van der Waals surface area contributed by atoms with Crippen molar-refractivity contribution in [2.45, 2.75) is 31.7 Å². The average Bonchev–Trinajstić information content (AvgIpc) is 3.38. The third-order valence-corrected chi connectivity index (χ3v) is 5.07. The molecule has 2 aromatic carbocycles. The molecule has 1 saturated heterocycles. The molecule has 1 N–H and O–H groups in total. The van der Waals surface area contributed by atoms with Crippen LogP contribution in [0.15, 0.2) is 48.5 Å². The molecule has 2 aliphatic rings. The fourth-order valence-electron chi connectivity index (χ4n) is 3.51. The van der Waals surface area contributed by atoms with E-state index in [4.69, 9.17) is 0 Å². The van der Waals surface area contributed by atoms with Crippen molar-refractivity contribution in [2.75, 3.05) is 11.9 Å². The van der Waals surface area contributed by atoms with Crippen LogP contribution >= 0.6 is 0 Å². The molecule has 1 atom stereocenters. The third-order valence-electron chi connectivity index (χ3n) is 5.07. The predicted octanol–water partition coefficient (Wildman–Crippen LogP) is 3.83. The number of likely N-dealkylation sites (tertiary alicyclic amines) is 1. The first kappa shape index (κ1) is 16.8. The summed E-state index contributed by atoms with van der Waals surface area (Å²) in [6.07, 6.45) is 3.47. The van der Waals surface area contributed by atoms with Gasteiger partial charge in [0.05, 0.1) is 0 Å². The maximum Gasteiger partial charge on any atom is 0.247 e. The molecule has 26 heavy (non-hydrogen) atoms. The molecule has 2 aromatic rings. The van der Waals surface area contributed by atoms with Crippen LogP contribution in [0.5, 0.6) is 0 Å². The summed E-state index contributed by atoms with van der Waals surface area (Å²) >= 11 is 0. The van der Waals surface area contributed by atoms with Gasteiger partial charge in [0, 0.05) is 18.2 Å². The van der Waals surface area contributed by atoms with E-state index >= 15 is 0 Å². The molecule has 0 spiro atoms. The van der Waals surface area contributed by atoms with Gasteiger partial charge in [-0.1, -0.05) is 24.3 Å². The van der Waals surface area contributed by atoms with E-state index in [2.05, 4.69) is 5.32 Å². The summed E-state index contributed by atoms with van der Waals surface area (Å²) in [5.41, 5.74) is 2.47. The summed E-state index contributed by atoms with van der Waals surface area (Å²) in [7, 11) is 0. The highest BCUT2D eigenvalue weighted by molar-refractivity contribution is 5.98. The van der Waals surface area contributed by atoms with Gasteiger partial charge in [-0.15, -0.1) is 0 Å². The van der Waals surface area contributed by atoms with Crippen LogP contribution in [-0.4, -0.2) is 29.3 Å². The zero-order valence-electron chi connectivity index (χ0n) is 14.5. The second-order valence-corrected chi connectivity index (χ2v) is 7.04. The number of nitrogens with zero attached hydrogens (tertiary/aromatic N) is 1. The molecule has 0 aromatic heterocycles. The van der Waals surface area contributed by atoms with Crippen molar-refractivity contribution in [1.29, 1.82) is 0 Å². The van der Waals surface area contributed by atoms with Gasteiger partial charge in [-0.05, 0) is 61.1 Å². The van der Waals surface area contributed by atoms with Gasteiger partial charge < -0.3 is 10.2 Å². The van der Waals surface area contributed by atoms with Crippen molar-refractivity contribution in [3.8, 4) is 11.1 Å². The van der Waals surface area contributed by atoms with Gasteiger partial charge in [-0.25, -0.2) is 4.39 Å². The Morgan fingerprint density at radius 3 is 2.50 bits per heavy atom. The maximum atomic E-state index is 13.1. The van der Waals surface area contributed by atoms with Crippen LogP contribution in [0.4, 0.5) is 10.1 Å². The largest absolute Gasteiger partial charge is 0.330 e. The lowest BCUT2D eigenvalue weighted by Crippen LogP contribution is -2.43. The number of hydrogen-bond donors (Lipinski definition) is 1. The molecule has 1 aliphatic heterocycles. The summed E-state index contributed by atoms with van der Waals surface area (Å²) < 4.78 is 13.1. The number of rotatable bonds is 4. The highest BCUT2D eigenvalue weighted by atomic mass is 19.1. The normalized spacial score (nSPS) is 19.4. The Kier molecular flexibility index (Phi) is 4.45. The van der Waals surface area contributed by atoms with E-state index in [1.165, 1.54) is 12.1 Å². The van der Waals surface area contributed by atoms with E-state index in [1.807, 2.05) is 24.3 Å². The number of nitrogens with one attached hydrogen (secondary N) is 1. The summed E-state index contributed by atoms with van der Waals surface area (Å²) in [5.74, 6) is -0.152. The zero-order chi connectivity index (χ0) is 18.1. The monoisotopic (exact) mass is 352 g/mol. The van der Waals surface area contributed by atoms with Crippen molar-refractivity contribution >= 4 is 17.5 Å². The minimum Gasteiger partial charge on any atom is -0.330 e. The van der Waals surface area contributed by atoms with Crippen LogP contribution in [0.3, 0.4) is 0 Å². The van der Waals surface area contributed by atoms with E-state index in [9.17, 15) is 14.0 Å². The second-order valence-electron chi connectivity index (χ2n) is 7.04. The van der Waals surface area contributed by atoms with Crippen molar-refractivity contribution in [3.05, 3.63) is 54.3 Å². The van der Waals surface area contributed by atoms with E-state index in [0.29, 0.717) is 18.7 Å². The standard InChI is InChI=1S/C21H21FN2O2/c22-17-10-8-14(9-11-17)16-3-1-4-18(13-16)23-20(25)19-5-2-12-24(19)21(26)15-6-7-15/h1,3-4,8-11,13,15,19H,2,5-7,12H2,(H,23,25)/t19-/m1/s1. The molecule has 1 aliphatic carbocycles. The SMILES string of the molecule is O=C(Nc1cccc(-c2ccc(F)cc2)c1)[C@H]1CCCN1C(=O)C1CC1. The van der Waals surface area contributed by atoms with E-state index in [1.54, 1.807) is 17.0 Å². The Morgan fingerprint density at radius 1 is 1.00 bits per heavy atom. The molecule has 2 fully saturated rings. The van der Waals surface area contributed by atoms with Crippen molar-refractivity contribution < 1.29 is 14.0 Å². The van der Waals surface area contributed by atoms with Gasteiger partial charge in [0.1, 0.15) is 11.9 Å². The third kappa shape index (κ3) is 3.47. The van der Waals surface area contributed by atoms with Crippen molar-refractivity contribution in [1.82, 2.24) is 4.90 Å². The first-order valence-corrected chi connectivity index (χ1v) is 9.09. The molecule has 4 nitrogen and oxygen atoms in total. The fraction of sp³-hybridized carbons (Fsp3) is 0.333. The summed E-state index contributed by atoms with van der Waals surface area (Å²) in [5, 5.41) is 2.94. The number of hydrogen-bond acceptors (Lipinski definition) is 2. The van der Waals surface area contributed by atoms with Crippen molar-refractivity contribution in [2.24, 2.45) is 5.92 Å². The summed E-state index contributed by atoms with van der Waals surface area (Å²) in [4.78, 5) is 26.8.